The minimum atomic E-state index is 0.597. The van der Waals surface area contributed by atoms with Gasteiger partial charge in [-0.25, -0.2) is 0 Å². The number of rotatable bonds is 5. The Bertz CT molecular complexity index is 680. The Kier molecular flexibility index (Phi) is 7.74. The van der Waals surface area contributed by atoms with E-state index in [0.29, 0.717) is 23.7 Å². The van der Waals surface area contributed by atoms with E-state index in [-0.39, 0.29) is 0 Å². The molecule has 2 aliphatic rings. The first kappa shape index (κ1) is 22.7. The fraction of sp³-hybridized carbons (Fsp3) is 0.741. The zero-order valence-corrected chi connectivity index (χ0v) is 20.3. The topological polar surface area (TPSA) is 12.4 Å². The number of isothiocyanates is 1. The van der Waals surface area contributed by atoms with Gasteiger partial charge in [0.2, 0.25) is 0 Å². The van der Waals surface area contributed by atoms with E-state index < -0.39 is 0 Å². The van der Waals surface area contributed by atoms with Crippen molar-refractivity contribution < 1.29 is 0 Å². The summed E-state index contributed by atoms with van der Waals surface area (Å²) < 4.78 is 0. The molecule has 1 nitrogen and oxygen atoms in total. The zero-order valence-electron chi connectivity index (χ0n) is 19.4. The molecule has 2 aliphatic carbocycles. The van der Waals surface area contributed by atoms with E-state index in [2.05, 4.69) is 64.9 Å². The SMILES string of the molecule is CC1CCC(C(C)C)C(c2cccc(C3CC(C)CCC3C(C)C)c2N=C=S)C1. The Morgan fingerprint density at radius 2 is 1.28 bits per heavy atom. The van der Waals surface area contributed by atoms with Gasteiger partial charge in [-0.1, -0.05) is 72.6 Å². The van der Waals surface area contributed by atoms with Crippen LogP contribution in [0.5, 0.6) is 0 Å². The van der Waals surface area contributed by atoms with Crippen LogP contribution >= 0.6 is 12.2 Å². The van der Waals surface area contributed by atoms with Crippen molar-refractivity contribution in [2.45, 2.75) is 91.9 Å². The molecule has 160 valence electrons. The van der Waals surface area contributed by atoms with Crippen LogP contribution in [0.25, 0.3) is 0 Å². The molecule has 0 bridgehead atoms. The fourth-order valence-electron chi connectivity index (χ4n) is 6.47. The van der Waals surface area contributed by atoms with Gasteiger partial charge in [-0.05, 0) is 96.4 Å². The van der Waals surface area contributed by atoms with E-state index in [9.17, 15) is 0 Å². The lowest BCUT2D eigenvalue weighted by molar-refractivity contribution is 0.194. The van der Waals surface area contributed by atoms with E-state index in [1.54, 1.807) is 0 Å². The standard InChI is InChI=1S/C27H41NS/c1-17(2)21-12-10-19(5)14-25(21)23-8-7-9-24(27(23)28-16-29)26-15-20(6)11-13-22(26)18(3)4/h7-9,17-22,25-26H,10-15H2,1-6H3. The van der Waals surface area contributed by atoms with Gasteiger partial charge in [0.05, 0.1) is 10.8 Å². The van der Waals surface area contributed by atoms with E-state index in [0.717, 1.165) is 23.7 Å². The second-order valence-corrected chi connectivity index (χ2v) is 11.0. The van der Waals surface area contributed by atoms with Crippen molar-refractivity contribution in [2.75, 3.05) is 0 Å². The Hall–Kier alpha value is -0.980. The van der Waals surface area contributed by atoms with Crippen LogP contribution in [0.3, 0.4) is 0 Å². The van der Waals surface area contributed by atoms with Crippen LogP contribution in [0, 0.1) is 35.5 Å². The van der Waals surface area contributed by atoms with Crippen LogP contribution in [0.1, 0.15) is 103 Å². The summed E-state index contributed by atoms with van der Waals surface area (Å²) in [7, 11) is 0. The molecule has 6 unspecified atom stereocenters. The van der Waals surface area contributed by atoms with Gasteiger partial charge in [0.15, 0.2) is 0 Å². The maximum Gasteiger partial charge on any atom is 0.0809 e. The van der Waals surface area contributed by atoms with Crippen LogP contribution < -0.4 is 0 Å². The van der Waals surface area contributed by atoms with Gasteiger partial charge < -0.3 is 0 Å². The average Bonchev–Trinajstić information content (AvgIpc) is 2.67. The van der Waals surface area contributed by atoms with Crippen molar-refractivity contribution in [1.29, 1.82) is 0 Å². The number of thiocarbonyl (C=S) groups is 1. The molecule has 1 aromatic rings. The first-order valence-electron chi connectivity index (χ1n) is 12.0. The summed E-state index contributed by atoms with van der Waals surface area (Å²) in [5.41, 5.74) is 4.08. The third kappa shape index (κ3) is 5.02. The molecule has 0 aliphatic heterocycles. The molecule has 1 aromatic carbocycles. The second kappa shape index (κ2) is 9.88. The lowest BCUT2D eigenvalue weighted by atomic mass is 9.65. The Morgan fingerprint density at radius 3 is 1.66 bits per heavy atom. The molecule has 0 spiro atoms. The molecule has 0 heterocycles. The molecule has 0 saturated heterocycles. The van der Waals surface area contributed by atoms with E-state index in [4.69, 9.17) is 17.2 Å². The summed E-state index contributed by atoms with van der Waals surface area (Å²) >= 11 is 5.15. The monoisotopic (exact) mass is 411 g/mol. The average molecular weight is 412 g/mol. The van der Waals surface area contributed by atoms with Gasteiger partial charge in [0.25, 0.3) is 0 Å². The summed E-state index contributed by atoms with van der Waals surface area (Å²) in [6.45, 7) is 14.4. The molecule has 2 fully saturated rings. The van der Waals surface area contributed by atoms with Crippen molar-refractivity contribution in [3.8, 4) is 0 Å². The maximum atomic E-state index is 5.15. The van der Waals surface area contributed by atoms with Crippen molar-refractivity contribution in [2.24, 2.45) is 40.5 Å². The molecule has 0 aromatic heterocycles. The van der Waals surface area contributed by atoms with E-state index >= 15 is 0 Å². The summed E-state index contributed by atoms with van der Waals surface area (Å²) in [5, 5.41) is 2.76. The molecule has 29 heavy (non-hydrogen) atoms. The Labute approximate surface area is 184 Å². The van der Waals surface area contributed by atoms with Crippen LogP contribution in [0.15, 0.2) is 23.2 Å². The lowest BCUT2D eigenvalue weighted by Gasteiger charge is -2.40. The fourth-order valence-corrected chi connectivity index (χ4v) is 6.56. The van der Waals surface area contributed by atoms with Gasteiger partial charge in [-0.2, -0.15) is 4.99 Å². The highest BCUT2D eigenvalue weighted by molar-refractivity contribution is 7.78. The third-order valence-electron chi connectivity index (χ3n) is 8.10. The Balaban J connectivity index is 2.09. The van der Waals surface area contributed by atoms with E-state index in [1.807, 2.05) is 0 Å². The molecule has 0 radical (unpaired) electrons. The lowest BCUT2D eigenvalue weighted by Crippen LogP contribution is -2.28. The molecular formula is C27H41NS. The van der Waals surface area contributed by atoms with Crippen LogP contribution in [-0.4, -0.2) is 5.16 Å². The summed E-state index contributed by atoms with van der Waals surface area (Å²) in [4.78, 5) is 4.76. The molecule has 6 atom stereocenters. The van der Waals surface area contributed by atoms with Crippen molar-refractivity contribution in [3.05, 3.63) is 29.3 Å². The third-order valence-corrected chi connectivity index (χ3v) is 8.19. The smallest absolute Gasteiger partial charge is 0.0809 e. The van der Waals surface area contributed by atoms with E-state index in [1.165, 1.54) is 55.3 Å². The van der Waals surface area contributed by atoms with Gasteiger partial charge >= 0.3 is 0 Å². The summed E-state index contributed by atoms with van der Waals surface area (Å²) in [6.07, 6.45) is 7.95. The van der Waals surface area contributed by atoms with Gasteiger partial charge in [0, 0.05) is 0 Å². The van der Waals surface area contributed by atoms with Gasteiger partial charge in [0.1, 0.15) is 0 Å². The predicted octanol–water partition coefficient (Wildman–Crippen LogP) is 8.77. The number of aliphatic imine (C=N–C) groups is 1. The molecule has 0 amide bonds. The van der Waals surface area contributed by atoms with Crippen molar-refractivity contribution >= 4 is 23.1 Å². The van der Waals surface area contributed by atoms with Crippen LogP contribution in [0.2, 0.25) is 0 Å². The minimum absolute atomic E-state index is 0.597. The molecule has 2 heteroatoms. The first-order valence-corrected chi connectivity index (χ1v) is 12.4. The van der Waals surface area contributed by atoms with Crippen molar-refractivity contribution in [1.82, 2.24) is 0 Å². The number of nitrogens with zero attached hydrogens (tertiary/aromatic N) is 1. The highest BCUT2D eigenvalue weighted by Gasteiger charge is 2.37. The number of benzene rings is 1. The van der Waals surface area contributed by atoms with Crippen LogP contribution in [0.4, 0.5) is 5.69 Å². The first-order chi connectivity index (χ1) is 13.8. The number of hydrogen-bond acceptors (Lipinski definition) is 2. The quantitative estimate of drug-likeness (QED) is 0.348. The summed E-state index contributed by atoms with van der Waals surface area (Å²) in [5.74, 6) is 5.68. The second-order valence-electron chi connectivity index (χ2n) is 10.9. The molecule has 0 N–H and O–H groups in total. The molecule has 3 rings (SSSR count). The van der Waals surface area contributed by atoms with Crippen molar-refractivity contribution in [3.63, 3.8) is 0 Å². The minimum Gasteiger partial charge on any atom is -0.194 e. The normalized spacial score (nSPS) is 33.0. The Morgan fingerprint density at radius 1 is 0.828 bits per heavy atom. The van der Waals surface area contributed by atoms with Gasteiger partial charge in [-0.15, -0.1) is 0 Å². The summed E-state index contributed by atoms with van der Waals surface area (Å²) in [6, 6.07) is 7.01. The largest absolute Gasteiger partial charge is 0.194 e. The molecule has 2 saturated carbocycles. The number of para-hydroxylation sites is 1. The highest BCUT2D eigenvalue weighted by atomic mass is 32.1. The van der Waals surface area contributed by atoms with Crippen LogP contribution in [-0.2, 0) is 0 Å². The highest BCUT2D eigenvalue weighted by Crippen LogP contribution is 2.51. The zero-order chi connectivity index (χ0) is 21.1. The maximum absolute atomic E-state index is 5.15. The molecular weight excluding hydrogens is 370 g/mol. The van der Waals surface area contributed by atoms with Gasteiger partial charge in [-0.3, -0.25) is 0 Å². The predicted molar refractivity (Wildman–Crippen MR) is 129 cm³/mol. The number of hydrogen-bond donors (Lipinski definition) is 0.